The van der Waals surface area contributed by atoms with Crippen molar-refractivity contribution >= 4 is 21.8 Å². The van der Waals surface area contributed by atoms with Crippen molar-refractivity contribution in [2.75, 3.05) is 0 Å². The van der Waals surface area contributed by atoms with Crippen LogP contribution in [0.1, 0.15) is 21.7 Å². The van der Waals surface area contributed by atoms with Gasteiger partial charge in [0.05, 0.1) is 5.56 Å². The summed E-state index contributed by atoms with van der Waals surface area (Å²) >= 11 is 3.39. The second kappa shape index (κ2) is 5.19. The molecule has 1 amide bonds. The van der Waals surface area contributed by atoms with Crippen LogP contribution in [0, 0.1) is 6.92 Å². The summed E-state index contributed by atoms with van der Waals surface area (Å²) in [6, 6.07) is 9.54. The zero-order valence-corrected chi connectivity index (χ0v) is 11.0. The lowest BCUT2D eigenvalue weighted by atomic mass is 10.2. The summed E-state index contributed by atoms with van der Waals surface area (Å²) in [5.74, 6) is 0.611. The van der Waals surface area contributed by atoms with Crippen LogP contribution in [0.25, 0.3) is 0 Å². The van der Waals surface area contributed by atoms with E-state index in [1.54, 1.807) is 6.07 Å². The number of furan rings is 1. The van der Waals surface area contributed by atoms with Crippen molar-refractivity contribution < 1.29 is 9.21 Å². The number of carbonyl (C=O) groups is 1. The van der Waals surface area contributed by atoms with Crippen LogP contribution in [0.4, 0.5) is 0 Å². The molecule has 2 rings (SSSR count). The maximum Gasteiger partial charge on any atom is 0.254 e. The number of halogens is 1. The van der Waals surface area contributed by atoms with Gasteiger partial charge in [0.2, 0.25) is 0 Å². The molecule has 0 saturated heterocycles. The molecule has 0 radical (unpaired) electrons. The molecule has 17 heavy (non-hydrogen) atoms. The summed E-state index contributed by atoms with van der Waals surface area (Å²) in [5.41, 5.74) is 1.60. The number of benzene rings is 1. The van der Waals surface area contributed by atoms with E-state index in [0.29, 0.717) is 12.1 Å². The summed E-state index contributed by atoms with van der Waals surface area (Å²) in [6.45, 7) is 2.31. The average molecular weight is 294 g/mol. The van der Waals surface area contributed by atoms with Gasteiger partial charge in [-0.1, -0.05) is 28.1 Å². The highest BCUT2D eigenvalue weighted by molar-refractivity contribution is 9.10. The Kier molecular flexibility index (Phi) is 3.64. The van der Waals surface area contributed by atoms with Crippen LogP contribution >= 0.6 is 15.9 Å². The number of rotatable bonds is 3. The molecule has 4 heteroatoms. The van der Waals surface area contributed by atoms with Crippen LogP contribution in [0.5, 0.6) is 0 Å². The van der Waals surface area contributed by atoms with Crippen LogP contribution in [0.2, 0.25) is 0 Å². The standard InChI is InChI=1S/C13H12BrNO2/c1-9-5-11(8-17-9)13(16)15-7-10-3-2-4-12(14)6-10/h2-6,8H,7H2,1H3,(H,15,16). The van der Waals surface area contributed by atoms with Crippen LogP contribution < -0.4 is 5.32 Å². The molecule has 0 aliphatic heterocycles. The molecule has 0 aliphatic rings. The largest absolute Gasteiger partial charge is 0.469 e. The number of hydrogen-bond acceptors (Lipinski definition) is 2. The van der Waals surface area contributed by atoms with Crippen LogP contribution in [-0.2, 0) is 6.54 Å². The van der Waals surface area contributed by atoms with Crippen molar-refractivity contribution in [2.45, 2.75) is 13.5 Å². The van der Waals surface area contributed by atoms with Crippen molar-refractivity contribution in [2.24, 2.45) is 0 Å². The zero-order chi connectivity index (χ0) is 12.3. The van der Waals surface area contributed by atoms with E-state index in [4.69, 9.17) is 4.42 Å². The Morgan fingerprint density at radius 1 is 1.41 bits per heavy atom. The van der Waals surface area contributed by atoms with E-state index >= 15 is 0 Å². The van der Waals surface area contributed by atoms with Gasteiger partial charge in [-0.05, 0) is 30.7 Å². The Hall–Kier alpha value is -1.55. The van der Waals surface area contributed by atoms with Gasteiger partial charge in [0.25, 0.3) is 5.91 Å². The monoisotopic (exact) mass is 293 g/mol. The van der Waals surface area contributed by atoms with Gasteiger partial charge in [-0.3, -0.25) is 4.79 Å². The first-order chi connectivity index (χ1) is 8.15. The van der Waals surface area contributed by atoms with E-state index in [2.05, 4.69) is 21.2 Å². The first-order valence-corrected chi connectivity index (χ1v) is 6.02. The molecular formula is C13H12BrNO2. The fourth-order valence-corrected chi connectivity index (χ4v) is 1.94. The zero-order valence-electron chi connectivity index (χ0n) is 9.37. The van der Waals surface area contributed by atoms with Crippen molar-refractivity contribution in [3.8, 4) is 0 Å². The van der Waals surface area contributed by atoms with Gasteiger partial charge in [-0.25, -0.2) is 0 Å². The second-order valence-corrected chi connectivity index (χ2v) is 4.67. The predicted molar refractivity (Wildman–Crippen MR) is 68.8 cm³/mol. The molecule has 0 spiro atoms. The molecule has 88 valence electrons. The molecule has 3 nitrogen and oxygen atoms in total. The van der Waals surface area contributed by atoms with Gasteiger partial charge in [0.15, 0.2) is 0 Å². The van der Waals surface area contributed by atoms with Crippen molar-refractivity contribution in [1.29, 1.82) is 0 Å². The highest BCUT2D eigenvalue weighted by Crippen LogP contribution is 2.12. The lowest BCUT2D eigenvalue weighted by molar-refractivity contribution is 0.0950. The van der Waals surface area contributed by atoms with Gasteiger partial charge in [-0.15, -0.1) is 0 Å². The minimum Gasteiger partial charge on any atom is -0.469 e. The maximum absolute atomic E-state index is 11.7. The first kappa shape index (κ1) is 11.9. The molecule has 0 bridgehead atoms. The van der Waals surface area contributed by atoms with Crippen molar-refractivity contribution in [1.82, 2.24) is 5.32 Å². The molecule has 1 N–H and O–H groups in total. The molecule has 1 aromatic carbocycles. The summed E-state index contributed by atoms with van der Waals surface area (Å²) in [6.07, 6.45) is 1.46. The van der Waals surface area contributed by atoms with E-state index in [1.165, 1.54) is 6.26 Å². The minimum absolute atomic E-state index is 0.123. The van der Waals surface area contributed by atoms with Gasteiger partial charge in [0.1, 0.15) is 12.0 Å². The fourth-order valence-electron chi connectivity index (χ4n) is 1.49. The molecule has 0 unspecified atom stereocenters. The number of hydrogen-bond donors (Lipinski definition) is 1. The van der Waals surface area contributed by atoms with Crippen LogP contribution in [-0.4, -0.2) is 5.91 Å². The predicted octanol–water partition coefficient (Wildman–Crippen LogP) is 3.28. The Balaban J connectivity index is 1.97. The highest BCUT2D eigenvalue weighted by atomic mass is 79.9. The molecule has 0 aliphatic carbocycles. The molecule has 1 heterocycles. The highest BCUT2D eigenvalue weighted by Gasteiger charge is 2.07. The molecular weight excluding hydrogens is 282 g/mol. The lowest BCUT2D eigenvalue weighted by Crippen LogP contribution is -2.22. The Morgan fingerprint density at radius 2 is 2.24 bits per heavy atom. The molecule has 2 aromatic rings. The number of nitrogens with one attached hydrogen (secondary N) is 1. The number of aryl methyl sites for hydroxylation is 1. The van der Waals surface area contributed by atoms with Crippen molar-refractivity contribution in [3.63, 3.8) is 0 Å². The Morgan fingerprint density at radius 3 is 2.88 bits per heavy atom. The maximum atomic E-state index is 11.7. The quantitative estimate of drug-likeness (QED) is 0.944. The topological polar surface area (TPSA) is 42.2 Å². The normalized spacial score (nSPS) is 10.2. The summed E-state index contributed by atoms with van der Waals surface area (Å²) < 4.78 is 6.09. The number of carbonyl (C=O) groups excluding carboxylic acids is 1. The van der Waals surface area contributed by atoms with Gasteiger partial charge in [0, 0.05) is 11.0 Å². The van der Waals surface area contributed by atoms with Gasteiger partial charge >= 0.3 is 0 Å². The number of amides is 1. The molecule has 0 fully saturated rings. The summed E-state index contributed by atoms with van der Waals surface area (Å²) in [4.78, 5) is 11.7. The minimum atomic E-state index is -0.123. The molecule has 0 atom stereocenters. The Labute approximate surface area is 108 Å². The van der Waals surface area contributed by atoms with Crippen LogP contribution in [0.15, 0.2) is 45.5 Å². The van der Waals surface area contributed by atoms with Gasteiger partial charge in [-0.2, -0.15) is 0 Å². The fraction of sp³-hybridized carbons (Fsp3) is 0.154. The average Bonchev–Trinajstić information content (AvgIpc) is 2.73. The summed E-state index contributed by atoms with van der Waals surface area (Å²) in [5, 5.41) is 2.84. The third-order valence-electron chi connectivity index (χ3n) is 2.33. The first-order valence-electron chi connectivity index (χ1n) is 5.23. The SMILES string of the molecule is Cc1cc(C(=O)NCc2cccc(Br)c2)co1. The van der Waals surface area contributed by atoms with E-state index in [0.717, 1.165) is 15.8 Å². The van der Waals surface area contributed by atoms with E-state index in [9.17, 15) is 4.79 Å². The van der Waals surface area contributed by atoms with E-state index < -0.39 is 0 Å². The van der Waals surface area contributed by atoms with Crippen LogP contribution in [0.3, 0.4) is 0 Å². The van der Waals surface area contributed by atoms with E-state index in [1.807, 2.05) is 31.2 Å². The molecule has 1 aromatic heterocycles. The van der Waals surface area contributed by atoms with E-state index in [-0.39, 0.29) is 5.91 Å². The molecule has 0 saturated carbocycles. The smallest absolute Gasteiger partial charge is 0.254 e. The third kappa shape index (κ3) is 3.20. The third-order valence-corrected chi connectivity index (χ3v) is 2.83. The Bertz CT molecular complexity index is 534. The lowest BCUT2D eigenvalue weighted by Gasteiger charge is -2.03. The van der Waals surface area contributed by atoms with Gasteiger partial charge < -0.3 is 9.73 Å². The van der Waals surface area contributed by atoms with Crippen molar-refractivity contribution in [3.05, 3.63) is 58.0 Å². The summed E-state index contributed by atoms with van der Waals surface area (Å²) in [7, 11) is 0. The second-order valence-electron chi connectivity index (χ2n) is 3.76.